The maximum absolute atomic E-state index is 5.64. The molecule has 0 aliphatic rings. The second-order valence-corrected chi connectivity index (χ2v) is 4.27. The van der Waals surface area contributed by atoms with Gasteiger partial charge in [0.05, 0.1) is 12.3 Å². The van der Waals surface area contributed by atoms with Crippen molar-refractivity contribution in [2.24, 2.45) is 0 Å². The van der Waals surface area contributed by atoms with Crippen LogP contribution in [-0.2, 0) is 6.54 Å². The van der Waals surface area contributed by atoms with E-state index in [-0.39, 0.29) is 6.04 Å². The average molecular weight is 257 g/mol. The molecular formula is C15H19N3O. The number of hydrogen-bond donors (Lipinski definition) is 1. The molecule has 0 aliphatic heterocycles. The number of para-hydroxylation sites is 1. The van der Waals surface area contributed by atoms with Gasteiger partial charge in [-0.05, 0) is 26.0 Å². The molecule has 19 heavy (non-hydrogen) atoms. The second kappa shape index (κ2) is 6.85. The van der Waals surface area contributed by atoms with E-state index >= 15 is 0 Å². The van der Waals surface area contributed by atoms with Crippen LogP contribution in [0.15, 0.2) is 42.9 Å². The van der Waals surface area contributed by atoms with Crippen molar-refractivity contribution in [2.75, 3.05) is 6.61 Å². The van der Waals surface area contributed by atoms with Crippen LogP contribution in [-0.4, -0.2) is 16.6 Å². The molecule has 2 aromatic rings. The third-order valence-corrected chi connectivity index (χ3v) is 2.92. The molecule has 0 saturated heterocycles. The van der Waals surface area contributed by atoms with Crippen molar-refractivity contribution in [3.05, 3.63) is 54.1 Å². The van der Waals surface area contributed by atoms with Gasteiger partial charge in [0.25, 0.3) is 0 Å². The molecule has 0 bridgehead atoms. The van der Waals surface area contributed by atoms with Crippen LogP contribution in [0.2, 0.25) is 0 Å². The lowest BCUT2D eigenvalue weighted by Crippen LogP contribution is -2.19. The van der Waals surface area contributed by atoms with Crippen LogP contribution in [0.5, 0.6) is 5.75 Å². The van der Waals surface area contributed by atoms with Gasteiger partial charge in [-0.1, -0.05) is 18.2 Å². The molecule has 0 aliphatic carbocycles. The molecular weight excluding hydrogens is 238 g/mol. The molecule has 0 radical (unpaired) electrons. The van der Waals surface area contributed by atoms with E-state index in [1.807, 2.05) is 31.2 Å². The Morgan fingerprint density at radius 1 is 1.26 bits per heavy atom. The van der Waals surface area contributed by atoms with Gasteiger partial charge in [-0.25, -0.2) is 9.97 Å². The Hall–Kier alpha value is -1.94. The van der Waals surface area contributed by atoms with Crippen molar-refractivity contribution in [3.8, 4) is 5.75 Å². The van der Waals surface area contributed by atoms with E-state index in [2.05, 4.69) is 28.3 Å². The molecule has 4 heteroatoms. The topological polar surface area (TPSA) is 47.0 Å². The van der Waals surface area contributed by atoms with Crippen LogP contribution in [0.3, 0.4) is 0 Å². The SMILES string of the molecule is CCOc1ccccc1C(C)NCc1ccncn1. The van der Waals surface area contributed by atoms with Crippen LogP contribution in [0.4, 0.5) is 0 Å². The van der Waals surface area contributed by atoms with Gasteiger partial charge in [-0.2, -0.15) is 0 Å². The van der Waals surface area contributed by atoms with E-state index in [1.54, 1.807) is 12.5 Å². The van der Waals surface area contributed by atoms with Gasteiger partial charge in [0.15, 0.2) is 0 Å². The second-order valence-electron chi connectivity index (χ2n) is 4.27. The van der Waals surface area contributed by atoms with Gasteiger partial charge in [0.2, 0.25) is 0 Å². The number of benzene rings is 1. The number of rotatable bonds is 6. The summed E-state index contributed by atoms with van der Waals surface area (Å²) in [6.07, 6.45) is 3.32. The zero-order valence-corrected chi connectivity index (χ0v) is 11.3. The highest BCUT2D eigenvalue weighted by Gasteiger charge is 2.10. The fourth-order valence-corrected chi connectivity index (χ4v) is 1.92. The Kier molecular flexibility index (Phi) is 4.86. The fraction of sp³-hybridized carbons (Fsp3) is 0.333. The zero-order valence-electron chi connectivity index (χ0n) is 11.3. The molecule has 0 fully saturated rings. The van der Waals surface area contributed by atoms with E-state index < -0.39 is 0 Å². The predicted octanol–water partition coefficient (Wildman–Crippen LogP) is 2.73. The van der Waals surface area contributed by atoms with Crippen molar-refractivity contribution in [2.45, 2.75) is 26.4 Å². The molecule has 1 aromatic heterocycles. The van der Waals surface area contributed by atoms with Crippen molar-refractivity contribution >= 4 is 0 Å². The van der Waals surface area contributed by atoms with E-state index in [4.69, 9.17) is 4.74 Å². The molecule has 1 atom stereocenters. The molecule has 1 N–H and O–H groups in total. The maximum Gasteiger partial charge on any atom is 0.124 e. The minimum Gasteiger partial charge on any atom is -0.494 e. The summed E-state index contributed by atoms with van der Waals surface area (Å²) in [5.74, 6) is 0.938. The monoisotopic (exact) mass is 257 g/mol. The van der Waals surface area contributed by atoms with Crippen LogP contribution < -0.4 is 10.1 Å². The van der Waals surface area contributed by atoms with Gasteiger partial charge >= 0.3 is 0 Å². The van der Waals surface area contributed by atoms with Gasteiger partial charge in [-0.3, -0.25) is 0 Å². The molecule has 1 aromatic carbocycles. The normalized spacial score (nSPS) is 12.1. The standard InChI is InChI=1S/C15H19N3O/c1-3-19-15-7-5-4-6-14(15)12(2)17-10-13-8-9-16-11-18-13/h4-9,11-12,17H,3,10H2,1-2H3. The first-order valence-electron chi connectivity index (χ1n) is 6.51. The minimum absolute atomic E-state index is 0.206. The Morgan fingerprint density at radius 3 is 2.84 bits per heavy atom. The number of hydrogen-bond acceptors (Lipinski definition) is 4. The highest BCUT2D eigenvalue weighted by atomic mass is 16.5. The highest BCUT2D eigenvalue weighted by molar-refractivity contribution is 5.35. The average Bonchev–Trinajstić information content (AvgIpc) is 2.47. The molecule has 4 nitrogen and oxygen atoms in total. The first-order valence-corrected chi connectivity index (χ1v) is 6.51. The molecule has 1 unspecified atom stereocenters. The number of nitrogens with one attached hydrogen (secondary N) is 1. The summed E-state index contributed by atoms with van der Waals surface area (Å²) >= 11 is 0. The molecule has 100 valence electrons. The molecule has 0 spiro atoms. The van der Waals surface area contributed by atoms with Crippen LogP contribution >= 0.6 is 0 Å². The van der Waals surface area contributed by atoms with E-state index in [0.717, 1.165) is 11.4 Å². The number of aromatic nitrogens is 2. The zero-order chi connectivity index (χ0) is 13.5. The quantitative estimate of drug-likeness (QED) is 0.864. The van der Waals surface area contributed by atoms with Gasteiger partial charge in [0, 0.05) is 24.3 Å². The summed E-state index contributed by atoms with van der Waals surface area (Å²) in [6.45, 7) is 5.51. The Balaban J connectivity index is 2.01. The summed E-state index contributed by atoms with van der Waals surface area (Å²) in [5.41, 5.74) is 2.15. The van der Waals surface area contributed by atoms with E-state index in [9.17, 15) is 0 Å². The first-order chi connectivity index (χ1) is 9.31. The molecule has 0 saturated carbocycles. The smallest absolute Gasteiger partial charge is 0.124 e. The summed E-state index contributed by atoms with van der Waals surface area (Å²) in [7, 11) is 0. The summed E-state index contributed by atoms with van der Waals surface area (Å²) in [5, 5.41) is 3.44. The third-order valence-electron chi connectivity index (χ3n) is 2.92. The van der Waals surface area contributed by atoms with Crippen molar-refractivity contribution in [1.82, 2.24) is 15.3 Å². The van der Waals surface area contributed by atoms with Crippen LogP contribution in [0.1, 0.15) is 31.1 Å². The van der Waals surface area contributed by atoms with Crippen molar-refractivity contribution in [1.29, 1.82) is 0 Å². The lowest BCUT2D eigenvalue weighted by molar-refractivity contribution is 0.332. The first kappa shape index (κ1) is 13.5. The van der Waals surface area contributed by atoms with E-state index in [1.165, 1.54) is 5.56 Å². The van der Waals surface area contributed by atoms with Gasteiger partial charge < -0.3 is 10.1 Å². The Labute approximate surface area is 113 Å². The summed E-state index contributed by atoms with van der Waals surface area (Å²) in [4.78, 5) is 8.11. The molecule has 2 rings (SSSR count). The lowest BCUT2D eigenvalue weighted by atomic mass is 10.1. The minimum atomic E-state index is 0.206. The Bertz CT molecular complexity index is 502. The maximum atomic E-state index is 5.64. The number of nitrogens with zero attached hydrogens (tertiary/aromatic N) is 2. The lowest BCUT2D eigenvalue weighted by Gasteiger charge is -2.17. The number of ether oxygens (including phenoxy) is 1. The highest BCUT2D eigenvalue weighted by Crippen LogP contribution is 2.24. The summed E-state index contributed by atoms with van der Waals surface area (Å²) in [6, 6.07) is 10.2. The summed E-state index contributed by atoms with van der Waals surface area (Å²) < 4.78 is 5.64. The third kappa shape index (κ3) is 3.76. The Morgan fingerprint density at radius 2 is 2.11 bits per heavy atom. The van der Waals surface area contributed by atoms with Gasteiger partial charge in [-0.15, -0.1) is 0 Å². The largest absolute Gasteiger partial charge is 0.494 e. The van der Waals surface area contributed by atoms with Gasteiger partial charge in [0.1, 0.15) is 12.1 Å². The van der Waals surface area contributed by atoms with Crippen molar-refractivity contribution < 1.29 is 4.74 Å². The van der Waals surface area contributed by atoms with Crippen molar-refractivity contribution in [3.63, 3.8) is 0 Å². The molecule has 0 amide bonds. The van der Waals surface area contributed by atoms with Crippen LogP contribution in [0.25, 0.3) is 0 Å². The van der Waals surface area contributed by atoms with E-state index in [0.29, 0.717) is 13.2 Å². The van der Waals surface area contributed by atoms with Crippen LogP contribution in [0, 0.1) is 0 Å². The predicted molar refractivity (Wildman–Crippen MR) is 74.9 cm³/mol. The molecule has 1 heterocycles. The fourth-order valence-electron chi connectivity index (χ4n) is 1.92.